The first-order valence-corrected chi connectivity index (χ1v) is 14.5. The SMILES string of the molecule is N#Cc1ccc(-c2ccc3nc(-c4cccnc4N)n(-c4ccc(CN5CCN(c6nccc(C#N)n6)CC5)cc4)c3n2)cc1. The van der Waals surface area contributed by atoms with Gasteiger partial charge in [0.1, 0.15) is 23.1 Å². The fourth-order valence-corrected chi connectivity index (χ4v) is 5.54. The van der Waals surface area contributed by atoms with E-state index in [1.807, 2.05) is 41.0 Å². The van der Waals surface area contributed by atoms with Gasteiger partial charge in [0, 0.05) is 56.4 Å². The molecule has 6 aromatic rings. The number of nitrogens with zero attached hydrogens (tertiary/aromatic N) is 10. The Morgan fingerprint density at radius 2 is 1.56 bits per heavy atom. The second kappa shape index (κ2) is 11.8. The molecule has 0 saturated carbocycles. The fourth-order valence-electron chi connectivity index (χ4n) is 5.54. The number of piperazine rings is 1. The number of nitrogen functional groups attached to an aromatic ring is 1. The highest BCUT2D eigenvalue weighted by Gasteiger charge is 2.21. The summed E-state index contributed by atoms with van der Waals surface area (Å²) >= 11 is 0. The van der Waals surface area contributed by atoms with Crippen molar-refractivity contribution in [1.29, 1.82) is 10.5 Å². The van der Waals surface area contributed by atoms with Crippen molar-refractivity contribution in [1.82, 2.24) is 34.4 Å². The van der Waals surface area contributed by atoms with Crippen molar-refractivity contribution in [3.8, 4) is 40.5 Å². The number of nitriles is 2. The van der Waals surface area contributed by atoms with Crippen molar-refractivity contribution in [3.05, 3.63) is 108 Å². The number of benzene rings is 2. The lowest BCUT2D eigenvalue weighted by Gasteiger charge is -2.34. The summed E-state index contributed by atoms with van der Waals surface area (Å²) in [7, 11) is 0. The number of hydrogen-bond acceptors (Lipinski definition) is 10. The second-order valence-corrected chi connectivity index (χ2v) is 10.7. The lowest BCUT2D eigenvalue weighted by molar-refractivity contribution is 0.248. The lowest BCUT2D eigenvalue weighted by Crippen LogP contribution is -2.46. The van der Waals surface area contributed by atoms with Gasteiger partial charge in [0.25, 0.3) is 0 Å². The Balaban J connectivity index is 1.17. The van der Waals surface area contributed by atoms with Gasteiger partial charge in [-0.05, 0) is 60.2 Å². The van der Waals surface area contributed by atoms with E-state index in [-0.39, 0.29) is 0 Å². The zero-order valence-corrected chi connectivity index (χ0v) is 24.2. The minimum atomic E-state index is 0.378. The molecular formula is C34H27N11. The highest BCUT2D eigenvalue weighted by molar-refractivity contribution is 5.84. The van der Waals surface area contributed by atoms with Crippen molar-refractivity contribution >= 4 is 22.9 Å². The van der Waals surface area contributed by atoms with Crippen LogP contribution in [0.1, 0.15) is 16.8 Å². The summed E-state index contributed by atoms with van der Waals surface area (Å²) in [5, 5.41) is 18.4. The first-order chi connectivity index (χ1) is 22.1. The number of fused-ring (bicyclic) bond motifs is 1. The third-order valence-corrected chi connectivity index (χ3v) is 7.91. The highest BCUT2D eigenvalue weighted by atomic mass is 15.3. The van der Waals surface area contributed by atoms with E-state index in [2.05, 4.69) is 61.2 Å². The lowest BCUT2D eigenvalue weighted by atomic mass is 10.1. The third kappa shape index (κ3) is 5.52. The average molecular weight is 590 g/mol. The predicted molar refractivity (Wildman–Crippen MR) is 171 cm³/mol. The van der Waals surface area contributed by atoms with Gasteiger partial charge in [0.2, 0.25) is 5.95 Å². The molecule has 1 aliphatic rings. The van der Waals surface area contributed by atoms with Gasteiger partial charge in [-0.2, -0.15) is 10.5 Å². The predicted octanol–water partition coefficient (Wildman–Crippen LogP) is 4.59. The van der Waals surface area contributed by atoms with Crippen LogP contribution in [0.4, 0.5) is 11.8 Å². The Labute approximate surface area is 259 Å². The van der Waals surface area contributed by atoms with E-state index in [0.29, 0.717) is 34.5 Å². The van der Waals surface area contributed by atoms with E-state index < -0.39 is 0 Å². The molecule has 45 heavy (non-hydrogen) atoms. The van der Waals surface area contributed by atoms with E-state index in [9.17, 15) is 5.26 Å². The smallest absolute Gasteiger partial charge is 0.226 e. The van der Waals surface area contributed by atoms with E-state index in [1.165, 1.54) is 5.56 Å². The Morgan fingerprint density at radius 3 is 2.29 bits per heavy atom. The third-order valence-electron chi connectivity index (χ3n) is 7.91. The van der Waals surface area contributed by atoms with Crippen LogP contribution >= 0.6 is 0 Å². The molecular weight excluding hydrogens is 562 g/mol. The molecule has 4 aromatic heterocycles. The van der Waals surface area contributed by atoms with Gasteiger partial charge in [-0.1, -0.05) is 24.3 Å². The number of nitrogens with two attached hydrogens (primary N) is 1. The van der Waals surface area contributed by atoms with Gasteiger partial charge in [0.15, 0.2) is 11.5 Å². The molecule has 5 heterocycles. The van der Waals surface area contributed by atoms with Crippen molar-refractivity contribution < 1.29 is 0 Å². The maximum absolute atomic E-state index is 9.21. The number of rotatable bonds is 6. The van der Waals surface area contributed by atoms with Gasteiger partial charge < -0.3 is 10.6 Å². The standard InChI is InChI=1S/C34H27N11/c35-20-23-3-7-25(8-4-23)29-11-12-30-33(41-29)45(32(42-30)28-2-1-14-38-31(28)37)27-9-5-24(6-10-27)22-43-16-18-44(19-17-43)34-39-15-13-26(21-36)40-34/h1-15H,16-19,22H2,(H2,37,38). The molecule has 0 atom stereocenters. The molecule has 0 radical (unpaired) electrons. The van der Waals surface area contributed by atoms with Crippen molar-refractivity contribution in [2.24, 2.45) is 0 Å². The van der Waals surface area contributed by atoms with E-state index in [1.54, 1.807) is 30.6 Å². The minimum Gasteiger partial charge on any atom is -0.383 e. The number of aromatic nitrogens is 6. The second-order valence-electron chi connectivity index (χ2n) is 10.7. The number of hydrogen-bond donors (Lipinski definition) is 1. The normalized spacial score (nSPS) is 13.4. The summed E-state index contributed by atoms with van der Waals surface area (Å²) in [4.78, 5) is 27.5. The molecule has 2 aromatic carbocycles. The Hall–Kier alpha value is -6.17. The van der Waals surface area contributed by atoms with Crippen LogP contribution in [0.5, 0.6) is 0 Å². The Morgan fingerprint density at radius 1 is 0.756 bits per heavy atom. The zero-order valence-electron chi connectivity index (χ0n) is 24.2. The number of anilines is 2. The molecule has 1 fully saturated rings. The van der Waals surface area contributed by atoms with Crippen LogP contribution in [0.3, 0.4) is 0 Å². The largest absolute Gasteiger partial charge is 0.383 e. The van der Waals surface area contributed by atoms with E-state index in [4.69, 9.17) is 21.0 Å². The Bertz CT molecular complexity index is 2080. The van der Waals surface area contributed by atoms with Gasteiger partial charge in [-0.15, -0.1) is 0 Å². The molecule has 0 spiro atoms. The summed E-state index contributed by atoms with van der Waals surface area (Å²) in [5.41, 5.74) is 13.2. The van der Waals surface area contributed by atoms with Crippen LogP contribution < -0.4 is 10.6 Å². The molecule has 0 unspecified atom stereocenters. The molecule has 11 heteroatoms. The molecule has 1 aliphatic heterocycles. The molecule has 2 N–H and O–H groups in total. The van der Waals surface area contributed by atoms with E-state index in [0.717, 1.165) is 60.7 Å². The van der Waals surface area contributed by atoms with Crippen LogP contribution in [-0.2, 0) is 6.54 Å². The zero-order chi connectivity index (χ0) is 30.8. The molecule has 11 nitrogen and oxygen atoms in total. The summed E-state index contributed by atoms with van der Waals surface area (Å²) in [6.45, 7) is 4.11. The van der Waals surface area contributed by atoms with Crippen molar-refractivity contribution in [2.45, 2.75) is 6.54 Å². The van der Waals surface area contributed by atoms with Crippen molar-refractivity contribution in [2.75, 3.05) is 36.8 Å². The maximum Gasteiger partial charge on any atom is 0.226 e. The minimum absolute atomic E-state index is 0.378. The van der Waals surface area contributed by atoms with Crippen LogP contribution in [-0.4, -0.2) is 60.6 Å². The molecule has 1 saturated heterocycles. The summed E-state index contributed by atoms with van der Waals surface area (Å²) < 4.78 is 2.02. The quantitative estimate of drug-likeness (QED) is 0.292. The first-order valence-electron chi connectivity index (χ1n) is 14.5. The summed E-state index contributed by atoms with van der Waals surface area (Å²) in [5.74, 6) is 1.65. The highest BCUT2D eigenvalue weighted by Crippen LogP contribution is 2.32. The van der Waals surface area contributed by atoms with Crippen LogP contribution in [0.15, 0.2) is 91.3 Å². The number of pyridine rings is 2. The van der Waals surface area contributed by atoms with Crippen LogP contribution in [0, 0.1) is 22.7 Å². The van der Waals surface area contributed by atoms with Gasteiger partial charge >= 0.3 is 0 Å². The first kappa shape index (κ1) is 27.7. The molecule has 0 aliphatic carbocycles. The van der Waals surface area contributed by atoms with Gasteiger partial charge in [0.05, 0.1) is 22.9 Å². The molecule has 7 rings (SSSR count). The monoisotopic (exact) mass is 589 g/mol. The summed E-state index contributed by atoms with van der Waals surface area (Å²) in [6.07, 6.45) is 3.30. The van der Waals surface area contributed by atoms with Crippen LogP contribution in [0.2, 0.25) is 0 Å². The van der Waals surface area contributed by atoms with E-state index >= 15 is 0 Å². The average Bonchev–Trinajstić information content (AvgIpc) is 3.48. The van der Waals surface area contributed by atoms with Gasteiger partial charge in [-0.3, -0.25) is 9.47 Å². The Kier molecular flexibility index (Phi) is 7.28. The fraction of sp³-hybridized carbons (Fsp3) is 0.147. The number of imidazole rings is 1. The molecule has 0 amide bonds. The molecule has 218 valence electrons. The van der Waals surface area contributed by atoms with Crippen molar-refractivity contribution in [3.63, 3.8) is 0 Å². The van der Waals surface area contributed by atoms with Crippen LogP contribution in [0.25, 0.3) is 39.5 Å². The van der Waals surface area contributed by atoms with Gasteiger partial charge in [-0.25, -0.2) is 24.9 Å². The topological polar surface area (TPSA) is 149 Å². The maximum atomic E-state index is 9.21. The molecule has 0 bridgehead atoms. The summed E-state index contributed by atoms with van der Waals surface area (Å²) in [6, 6.07) is 29.3.